The van der Waals surface area contributed by atoms with Gasteiger partial charge in [0.1, 0.15) is 11.5 Å². The van der Waals surface area contributed by atoms with Crippen molar-refractivity contribution in [1.82, 2.24) is 10.2 Å². The summed E-state index contributed by atoms with van der Waals surface area (Å²) in [6.07, 6.45) is 2.96. The first-order valence-corrected chi connectivity index (χ1v) is 12.5. The Bertz CT molecular complexity index is 1250. The number of aromatic nitrogens is 2. The Morgan fingerprint density at radius 3 is 2.22 bits per heavy atom. The Hall–Kier alpha value is -3.97. The molecule has 3 aromatic rings. The fraction of sp³-hybridized carbons (Fsp3) is 0.250. The Balaban J connectivity index is 1.54. The number of amides is 2. The fourth-order valence-corrected chi connectivity index (χ4v) is 4.61. The van der Waals surface area contributed by atoms with Crippen molar-refractivity contribution in [2.45, 2.75) is 4.34 Å². The Morgan fingerprint density at radius 1 is 0.892 bits per heavy atom. The number of carbonyl (C=O) groups is 2. The monoisotopic (exact) mass is 546 g/mol. The second-order valence-electron chi connectivity index (χ2n) is 7.06. The van der Waals surface area contributed by atoms with Crippen LogP contribution in [0.5, 0.6) is 28.7 Å². The first-order chi connectivity index (χ1) is 17.9. The van der Waals surface area contributed by atoms with Gasteiger partial charge in [-0.05, 0) is 35.9 Å². The third-order valence-corrected chi connectivity index (χ3v) is 6.73. The van der Waals surface area contributed by atoms with Crippen molar-refractivity contribution in [1.29, 1.82) is 0 Å². The molecule has 13 heteroatoms. The van der Waals surface area contributed by atoms with E-state index in [-0.39, 0.29) is 11.7 Å². The molecule has 0 aliphatic heterocycles. The second kappa shape index (κ2) is 13.4. The highest BCUT2D eigenvalue weighted by atomic mass is 32.2. The summed E-state index contributed by atoms with van der Waals surface area (Å²) >= 11 is 2.36. The molecule has 0 aliphatic rings. The van der Waals surface area contributed by atoms with Crippen LogP contribution in [-0.2, 0) is 9.59 Å². The smallest absolute Gasteiger partial charge is 0.250 e. The average Bonchev–Trinajstić information content (AvgIpc) is 3.37. The van der Waals surface area contributed by atoms with Gasteiger partial charge >= 0.3 is 0 Å². The summed E-state index contributed by atoms with van der Waals surface area (Å²) in [7, 11) is 7.61. The predicted molar refractivity (Wildman–Crippen MR) is 143 cm³/mol. The quantitative estimate of drug-likeness (QED) is 0.196. The van der Waals surface area contributed by atoms with E-state index in [1.807, 2.05) is 0 Å². The molecule has 0 saturated carbocycles. The fourth-order valence-electron chi connectivity index (χ4n) is 3.05. The zero-order valence-electron chi connectivity index (χ0n) is 20.8. The van der Waals surface area contributed by atoms with Gasteiger partial charge in [0.25, 0.3) is 0 Å². The second-order valence-corrected chi connectivity index (χ2v) is 9.26. The average molecular weight is 547 g/mol. The maximum absolute atomic E-state index is 12.4. The highest BCUT2D eigenvalue weighted by molar-refractivity contribution is 8.01. The van der Waals surface area contributed by atoms with Crippen molar-refractivity contribution < 1.29 is 33.3 Å². The lowest BCUT2D eigenvalue weighted by atomic mass is 10.1. The van der Waals surface area contributed by atoms with Gasteiger partial charge in [0.15, 0.2) is 15.8 Å². The third kappa shape index (κ3) is 7.51. The molecule has 0 fully saturated rings. The molecule has 196 valence electrons. The lowest BCUT2D eigenvalue weighted by molar-refractivity contribution is -0.114. The van der Waals surface area contributed by atoms with E-state index in [0.717, 1.165) is 11.3 Å². The van der Waals surface area contributed by atoms with Crippen LogP contribution in [0.15, 0.2) is 40.7 Å². The Kier molecular flexibility index (Phi) is 9.98. The van der Waals surface area contributed by atoms with E-state index in [0.29, 0.717) is 49.5 Å². The van der Waals surface area contributed by atoms with Gasteiger partial charge < -0.3 is 29.0 Å². The van der Waals surface area contributed by atoms with Gasteiger partial charge in [0.05, 0.1) is 47.0 Å². The minimum Gasteiger partial charge on any atom is -0.497 e. The molecular weight excluding hydrogens is 520 g/mol. The number of carbonyl (C=O) groups excluding carboxylic acids is 2. The largest absolute Gasteiger partial charge is 0.497 e. The molecular formula is C24H26N4O7S2. The molecule has 0 unspecified atom stereocenters. The SMILES string of the molecule is COc1ccc(NC(=O)CSc2nnc(NC(=O)/C=C/c3cc(OC)c(OC)c(OC)c3)s2)c(OC)c1. The van der Waals surface area contributed by atoms with E-state index >= 15 is 0 Å². The number of ether oxygens (including phenoxy) is 5. The lowest BCUT2D eigenvalue weighted by Gasteiger charge is -2.12. The maximum Gasteiger partial charge on any atom is 0.250 e. The van der Waals surface area contributed by atoms with Crippen LogP contribution in [0.2, 0.25) is 0 Å². The standard InChI is InChI=1S/C24H26N4O7S2/c1-31-15-7-8-16(17(12-15)32-2)25-21(30)13-36-24-28-27-23(37-24)26-20(29)9-6-14-10-18(33-3)22(35-5)19(11-14)34-4/h6-12H,13H2,1-5H3,(H,25,30)(H,26,27,29)/b9-6+. The number of thioether (sulfide) groups is 1. The normalized spacial score (nSPS) is 10.6. The number of anilines is 2. The van der Waals surface area contributed by atoms with Gasteiger partial charge in [-0.3, -0.25) is 14.9 Å². The summed E-state index contributed by atoms with van der Waals surface area (Å²) in [4.78, 5) is 24.7. The topological polar surface area (TPSA) is 130 Å². The first kappa shape index (κ1) is 27.6. The van der Waals surface area contributed by atoms with E-state index in [9.17, 15) is 9.59 Å². The third-order valence-electron chi connectivity index (χ3n) is 4.76. The maximum atomic E-state index is 12.4. The molecule has 3 rings (SSSR count). The van der Waals surface area contributed by atoms with Crippen LogP contribution in [-0.4, -0.2) is 63.3 Å². The first-order valence-electron chi connectivity index (χ1n) is 10.7. The van der Waals surface area contributed by atoms with Gasteiger partial charge in [0, 0.05) is 12.1 Å². The van der Waals surface area contributed by atoms with Gasteiger partial charge in [-0.15, -0.1) is 10.2 Å². The van der Waals surface area contributed by atoms with Crippen molar-refractivity contribution in [2.24, 2.45) is 0 Å². The molecule has 37 heavy (non-hydrogen) atoms. The zero-order valence-corrected chi connectivity index (χ0v) is 22.5. The highest BCUT2D eigenvalue weighted by Crippen LogP contribution is 2.38. The van der Waals surface area contributed by atoms with Crippen LogP contribution in [0.1, 0.15) is 5.56 Å². The number of nitrogens with zero attached hydrogens (tertiary/aromatic N) is 2. The molecule has 0 saturated heterocycles. The molecule has 1 aromatic heterocycles. The Labute approximate surface area is 222 Å². The number of methoxy groups -OCH3 is 5. The summed E-state index contributed by atoms with van der Waals surface area (Å²) < 4.78 is 26.9. The van der Waals surface area contributed by atoms with Crippen molar-refractivity contribution in [3.8, 4) is 28.7 Å². The summed E-state index contributed by atoms with van der Waals surface area (Å²) in [6.45, 7) is 0. The molecule has 1 heterocycles. The lowest BCUT2D eigenvalue weighted by Crippen LogP contribution is -2.14. The van der Waals surface area contributed by atoms with E-state index in [2.05, 4.69) is 20.8 Å². The minimum atomic E-state index is -0.397. The summed E-state index contributed by atoms with van der Waals surface area (Å²) in [5.74, 6) is 1.96. The number of hydrogen-bond acceptors (Lipinski definition) is 11. The number of benzene rings is 2. The predicted octanol–water partition coefficient (Wildman–Crippen LogP) is 3.96. The molecule has 11 nitrogen and oxygen atoms in total. The van der Waals surface area contributed by atoms with Crippen LogP contribution in [0, 0.1) is 0 Å². The van der Waals surface area contributed by atoms with Gasteiger partial charge in [0.2, 0.25) is 22.7 Å². The molecule has 0 atom stereocenters. The summed E-state index contributed by atoms with van der Waals surface area (Å²) in [5, 5.41) is 13.7. The molecule has 0 radical (unpaired) electrons. The van der Waals surface area contributed by atoms with Crippen molar-refractivity contribution in [3.05, 3.63) is 42.0 Å². The van der Waals surface area contributed by atoms with E-state index in [1.54, 1.807) is 43.5 Å². The van der Waals surface area contributed by atoms with Crippen LogP contribution in [0.3, 0.4) is 0 Å². The molecule has 2 N–H and O–H groups in total. The van der Waals surface area contributed by atoms with Crippen molar-refractivity contribution in [2.75, 3.05) is 51.9 Å². The Morgan fingerprint density at radius 2 is 1.59 bits per heavy atom. The molecule has 2 amide bonds. The van der Waals surface area contributed by atoms with Crippen LogP contribution >= 0.6 is 23.1 Å². The van der Waals surface area contributed by atoms with E-state index in [4.69, 9.17) is 23.7 Å². The number of nitrogens with one attached hydrogen (secondary N) is 2. The molecule has 0 bridgehead atoms. The number of rotatable bonds is 12. The molecule has 2 aromatic carbocycles. The van der Waals surface area contributed by atoms with Crippen LogP contribution in [0.25, 0.3) is 6.08 Å². The number of hydrogen-bond donors (Lipinski definition) is 2. The van der Waals surface area contributed by atoms with Gasteiger partial charge in [-0.25, -0.2) is 0 Å². The van der Waals surface area contributed by atoms with Crippen LogP contribution in [0.4, 0.5) is 10.8 Å². The minimum absolute atomic E-state index is 0.0960. The summed E-state index contributed by atoms with van der Waals surface area (Å²) in [5.41, 5.74) is 1.20. The molecule has 0 aliphatic carbocycles. The zero-order chi connectivity index (χ0) is 26.8. The highest BCUT2D eigenvalue weighted by Gasteiger charge is 2.14. The van der Waals surface area contributed by atoms with Crippen molar-refractivity contribution in [3.63, 3.8) is 0 Å². The van der Waals surface area contributed by atoms with Crippen molar-refractivity contribution >= 4 is 51.8 Å². The van der Waals surface area contributed by atoms with E-state index in [1.165, 1.54) is 46.3 Å². The van der Waals surface area contributed by atoms with Gasteiger partial charge in [-0.2, -0.15) is 0 Å². The summed E-state index contributed by atoms with van der Waals surface area (Å²) in [6, 6.07) is 8.54. The van der Waals surface area contributed by atoms with Crippen LogP contribution < -0.4 is 34.3 Å². The van der Waals surface area contributed by atoms with Gasteiger partial charge in [-0.1, -0.05) is 23.1 Å². The molecule has 0 spiro atoms. The van der Waals surface area contributed by atoms with E-state index < -0.39 is 5.91 Å².